The van der Waals surface area contributed by atoms with Crippen LogP contribution in [-0.4, -0.2) is 12.2 Å². The van der Waals surface area contributed by atoms with Crippen molar-refractivity contribution in [2.45, 2.75) is 50.5 Å². The lowest BCUT2D eigenvalue weighted by Gasteiger charge is -2.39. The zero-order valence-electron chi connectivity index (χ0n) is 12.0. The standard InChI is InChI=1S/C18H23ClO/c19-17-9-5-6-15(14-17)10-12-18(11-3-4-13-20-18)16-7-1-2-8-16/h3,5-6,9,11,14,16H,1-2,4,7-8,10,12-13H2. The summed E-state index contributed by atoms with van der Waals surface area (Å²) in [6.45, 7) is 0.878. The normalized spacial score (nSPS) is 27.1. The molecule has 1 atom stereocenters. The first-order valence-electron chi connectivity index (χ1n) is 7.85. The van der Waals surface area contributed by atoms with Crippen LogP contribution < -0.4 is 0 Å². The molecule has 3 rings (SSSR count). The van der Waals surface area contributed by atoms with Crippen LogP contribution in [0.3, 0.4) is 0 Å². The van der Waals surface area contributed by atoms with Crippen LogP contribution in [0, 0.1) is 5.92 Å². The van der Waals surface area contributed by atoms with Crippen molar-refractivity contribution in [2.75, 3.05) is 6.61 Å². The van der Waals surface area contributed by atoms with Crippen molar-refractivity contribution in [3.05, 3.63) is 47.0 Å². The number of rotatable bonds is 4. The number of hydrogen-bond donors (Lipinski definition) is 0. The lowest BCUT2D eigenvalue weighted by Crippen LogP contribution is -2.40. The number of ether oxygens (including phenoxy) is 1. The van der Waals surface area contributed by atoms with Crippen molar-refractivity contribution >= 4 is 11.6 Å². The van der Waals surface area contributed by atoms with Crippen molar-refractivity contribution in [2.24, 2.45) is 5.92 Å². The van der Waals surface area contributed by atoms with E-state index >= 15 is 0 Å². The number of benzene rings is 1. The van der Waals surface area contributed by atoms with E-state index in [9.17, 15) is 0 Å². The molecule has 108 valence electrons. The minimum absolute atomic E-state index is 0.0168. The Morgan fingerprint density at radius 2 is 2.10 bits per heavy atom. The first-order chi connectivity index (χ1) is 9.78. The van der Waals surface area contributed by atoms with Gasteiger partial charge in [-0.25, -0.2) is 0 Å². The van der Waals surface area contributed by atoms with Crippen LogP contribution in [0.1, 0.15) is 44.1 Å². The van der Waals surface area contributed by atoms with Gasteiger partial charge in [-0.3, -0.25) is 0 Å². The van der Waals surface area contributed by atoms with E-state index in [1.54, 1.807) is 0 Å². The second-order valence-electron chi connectivity index (χ2n) is 6.11. The third-order valence-corrected chi connectivity index (χ3v) is 5.03. The van der Waals surface area contributed by atoms with E-state index in [4.69, 9.17) is 16.3 Å². The maximum Gasteiger partial charge on any atom is 0.0893 e. The largest absolute Gasteiger partial charge is 0.370 e. The second kappa shape index (κ2) is 6.32. The molecule has 1 aliphatic heterocycles. The summed E-state index contributed by atoms with van der Waals surface area (Å²) in [6, 6.07) is 8.23. The molecule has 1 fully saturated rings. The number of aryl methyl sites for hydroxylation is 1. The molecule has 1 aromatic carbocycles. The summed E-state index contributed by atoms with van der Waals surface area (Å²) in [5.74, 6) is 0.707. The molecular weight excluding hydrogens is 268 g/mol. The monoisotopic (exact) mass is 290 g/mol. The predicted molar refractivity (Wildman–Crippen MR) is 84.2 cm³/mol. The molecule has 0 spiro atoms. The van der Waals surface area contributed by atoms with Crippen molar-refractivity contribution < 1.29 is 4.74 Å². The fraction of sp³-hybridized carbons (Fsp3) is 0.556. The van der Waals surface area contributed by atoms with Gasteiger partial charge >= 0.3 is 0 Å². The van der Waals surface area contributed by atoms with Gasteiger partial charge in [0.1, 0.15) is 0 Å². The van der Waals surface area contributed by atoms with Gasteiger partial charge in [0.25, 0.3) is 0 Å². The first-order valence-corrected chi connectivity index (χ1v) is 8.22. The summed E-state index contributed by atoms with van der Waals surface area (Å²) >= 11 is 6.08. The highest BCUT2D eigenvalue weighted by molar-refractivity contribution is 6.30. The van der Waals surface area contributed by atoms with Crippen LogP contribution in [-0.2, 0) is 11.2 Å². The summed E-state index contributed by atoms with van der Waals surface area (Å²) in [5, 5.41) is 0.831. The van der Waals surface area contributed by atoms with Crippen LogP contribution in [0.15, 0.2) is 36.4 Å². The molecule has 0 aromatic heterocycles. The second-order valence-corrected chi connectivity index (χ2v) is 6.54. The van der Waals surface area contributed by atoms with E-state index in [-0.39, 0.29) is 5.60 Å². The van der Waals surface area contributed by atoms with Crippen molar-refractivity contribution in [3.63, 3.8) is 0 Å². The molecule has 1 aliphatic carbocycles. The maximum absolute atomic E-state index is 6.28. The average Bonchev–Trinajstić information content (AvgIpc) is 3.01. The van der Waals surface area contributed by atoms with Crippen molar-refractivity contribution in [1.82, 2.24) is 0 Å². The van der Waals surface area contributed by atoms with Gasteiger partial charge in [0.2, 0.25) is 0 Å². The summed E-state index contributed by atoms with van der Waals surface area (Å²) in [4.78, 5) is 0. The molecule has 0 saturated heterocycles. The molecule has 1 unspecified atom stereocenters. The van der Waals surface area contributed by atoms with Gasteiger partial charge in [0.05, 0.1) is 12.2 Å². The molecule has 2 heteroatoms. The third kappa shape index (κ3) is 3.10. The SMILES string of the molecule is Clc1cccc(CCC2(C3CCCC3)C=CCCO2)c1. The molecule has 2 aliphatic rings. The fourth-order valence-corrected chi connectivity index (χ4v) is 3.92. The Morgan fingerprint density at radius 3 is 2.80 bits per heavy atom. The Labute approximate surface area is 127 Å². The quantitative estimate of drug-likeness (QED) is 0.694. The molecule has 20 heavy (non-hydrogen) atoms. The number of halogens is 1. The third-order valence-electron chi connectivity index (χ3n) is 4.79. The molecule has 0 bridgehead atoms. The van der Waals surface area contributed by atoms with Crippen LogP contribution in [0.25, 0.3) is 0 Å². The molecule has 0 N–H and O–H groups in total. The number of hydrogen-bond acceptors (Lipinski definition) is 1. The highest BCUT2D eigenvalue weighted by Gasteiger charge is 2.39. The minimum atomic E-state index is -0.0168. The van der Waals surface area contributed by atoms with Gasteiger partial charge in [0.15, 0.2) is 0 Å². The van der Waals surface area contributed by atoms with Gasteiger partial charge in [-0.15, -0.1) is 0 Å². The Morgan fingerprint density at radius 1 is 1.25 bits per heavy atom. The van der Waals surface area contributed by atoms with E-state index in [0.29, 0.717) is 5.92 Å². The summed E-state index contributed by atoms with van der Waals surface area (Å²) < 4.78 is 6.28. The zero-order valence-corrected chi connectivity index (χ0v) is 12.7. The predicted octanol–water partition coefficient (Wildman–Crippen LogP) is 5.18. The van der Waals surface area contributed by atoms with Gasteiger partial charge in [-0.2, -0.15) is 0 Å². The Hall–Kier alpha value is -0.790. The van der Waals surface area contributed by atoms with E-state index in [2.05, 4.69) is 24.3 Å². The summed E-state index contributed by atoms with van der Waals surface area (Å²) in [5.41, 5.74) is 1.30. The Kier molecular flexibility index (Phi) is 4.48. The lowest BCUT2D eigenvalue weighted by atomic mass is 9.80. The molecule has 1 aromatic rings. The van der Waals surface area contributed by atoms with E-state index in [1.165, 1.54) is 31.2 Å². The lowest BCUT2D eigenvalue weighted by molar-refractivity contribution is -0.0600. The summed E-state index contributed by atoms with van der Waals surface area (Å²) in [6.07, 6.45) is 13.2. The van der Waals surface area contributed by atoms with Crippen LogP contribution >= 0.6 is 11.6 Å². The molecule has 1 saturated carbocycles. The zero-order chi connectivity index (χ0) is 13.8. The van der Waals surface area contributed by atoms with E-state index < -0.39 is 0 Å². The molecule has 1 nitrogen and oxygen atoms in total. The molecule has 0 amide bonds. The van der Waals surface area contributed by atoms with Crippen LogP contribution in [0.2, 0.25) is 5.02 Å². The Bertz CT molecular complexity index is 476. The highest BCUT2D eigenvalue weighted by Crippen LogP contribution is 2.41. The summed E-state index contributed by atoms with van der Waals surface area (Å²) in [7, 11) is 0. The van der Waals surface area contributed by atoms with Crippen LogP contribution in [0.5, 0.6) is 0 Å². The molecule has 0 radical (unpaired) electrons. The van der Waals surface area contributed by atoms with Gasteiger partial charge in [-0.1, -0.05) is 48.7 Å². The smallest absolute Gasteiger partial charge is 0.0893 e. The topological polar surface area (TPSA) is 9.23 Å². The van der Waals surface area contributed by atoms with E-state index in [0.717, 1.165) is 30.9 Å². The van der Waals surface area contributed by atoms with E-state index in [1.807, 2.05) is 12.1 Å². The Balaban J connectivity index is 1.73. The van der Waals surface area contributed by atoms with Crippen molar-refractivity contribution in [3.8, 4) is 0 Å². The average molecular weight is 291 g/mol. The fourth-order valence-electron chi connectivity index (χ4n) is 3.71. The maximum atomic E-state index is 6.28. The van der Waals surface area contributed by atoms with Crippen LogP contribution in [0.4, 0.5) is 0 Å². The van der Waals surface area contributed by atoms with Gasteiger partial charge in [-0.05, 0) is 55.7 Å². The first kappa shape index (κ1) is 14.2. The van der Waals surface area contributed by atoms with Gasteiger partial charge in [0, 0.05) is 5.02 Å². The minimum Gasteiger partial charge on any atom is -0.370 e. The van der Waals surface area contributed by atoms with Gasteiger partial charge < -0.3 is 4.74 Å². The highest BCUT2D eigenvalue weighted by atomic mass is 35.5. The molecular formula is C18H23ClO. The van der Waals surface area contributed by atoms with Crippen molar-refractivity contribution in [1.29, 1.82) is 0 Å². The molecule has 1 heterocycles.